The van der Waals surface area contributed by atoms with Crippen LogP contribution in [0.15, 0.2) is 11.1 Å². The van der Waals surface area contributed by atoms with Crippen LogP contribution in [0.5, 0.6) is 0 Å². The first kappa shape index (κ1) is 12.8. The zero-order valence-corrected chi connectivity index (χ0v) is 11.8. The van der Waals surface area contributed by atoms with Crippen LogP contribution in [-0.2, 0) is 0 Å². The summed E-state index contributed by atoms with van der Waals surface area (Å²) in [5.74, 6) is 1.05. The lowest BCUT2D eigenvalue weighted by Gasteiger charge is -2.14. The summed E-state index contributed by atoms with van der Waals surface area (Å²) in [4.78, 5) is 0. The van der Waals surface area contributed by atoms with Crippen molar-refractivity contribution in [3.8, 4) is 0 Å². The van der Waals surface area contributed by atoms with Crippen molar-refractivity contribution in [3.05, 3.63) is 11.2 Å². The fraction of sp³-hybridized carbons (Fsp3) is 0.556. The van der Waals surface area contributed by atoms with Crippen molar-refractivity contribution in [2.24, 2.45) is 0 Å². The van der Waals surface area contributed by atoms with Gasteiger partial charge >= 0.3 is 0 Å². The first-order chi connectivity index (χ1) is 6.88. The number of thioether (sulfide) groups is 1. The van der Waals surface area contributed by atoms with Gasteiger partial charge in [-0.15, -0.1) is 22.0 Å². The van der Waals surface area contributed by atoms with Gasteiger partial charge in [-0.3, -0.25) is 0 Å². The SMILES string of the molecule is C[Si](C)(C)CCSc1nnc(Cl)cc1N. The maximum absolute atomic E-state index is 5.77. The number of nitrogen functional groups attached to an aromatic ring is 1. The lowest BCUT2D eigenvalue weighted by molar-refractivity contribution is 0.936. The number of anilines is 1. The molecule has 0 amide bonds. The van der Waals surface area contributed by atoms with Crippen LogP contribution in [0.3, 0.4) is 0 Å². The summed E-state index contributed by atoms with van der Waals surface area (Å²) in [6, 6.07) is 2.90. The van der Waals surface area contributed by atoms with Crippen LogP contribution in [-0.4, -0.2) is 24.0 Å². The molecule has 0 saturated heterocycles. The molecule has 0 aliphatic carbocycles. The minimum atomic E-state index is -0.975. The molecule has 0 aliphatic rings. The first-order valence-corrected chi connectivity index (χ1v) is 9.87. The van der Waals surface area contributed by atoms with Crippen molar-refractivity contribution >= 4 is 37.1 Å². The van der Waals surface area contributed by atoms with Crippen molar-refractivity contribution in [2.75, 3.05) is 11.5 Å². The lowest BCUT2D eigenvalue weighted by atomic mass is 10.5. The summed E-state index contributed by atoms with van der Waals surface area (Å²) in [7, 11) is -0.975. The fourth-order valence-corrected chi connectivity index (χ4v) is 4.47. The first-order valence-electron chi connectivity index (χ1n) is 4.80. The second-order valence-electron chi connectivity index (χ2n) is 4.59. The van der Waals surface area contributed by atoms with E-state index in [1.807, 2.05) is 0 Å². The number of halogens is 1. The number of nitrogens with zero attached hydrogens (tertiary/aromatic N) is 2. The molecule has 0 saturated carbocycles. The average Bonchev–Trinajstić information content (AvgIpc) is 2.07. The maximum Gasteiger partial charge on any atom is 0.153 e. The van der Waals surface area contributed by atoms with Gasteiger partial charge in [0.05, 0.1) is 5.69 Å². The smallest absolute Gasteiger partial charge is 0.153 e. The highest BCUT2D eigenvalue weighted by atomic mass is 35.5. The van der Waals surface area contributed by atoms with Crippen LogP contribution in [0.2, 0.25) is 30.8 Å². The van der Waals surface area contributed by atoms with Gasteiger partial charge in [0.2, 0.25) is 0 Å². The standard InChI is InChI=1S/C9H16ClN3SSi/c1-15(2,3)5-4-14-9-7(11)6-8(10)12-13-9/h6H,4-5H2,1-3H3,(H2,11,12). The van der Waals surface area contributed by atoms with E-state index in [-0.39, 0.29) is 0 Å². The average molecular weight is 262 g/mol. The van der Waals surface area contributed by atoms with Gasteiger partial charge in [0.25, 0.3) is 0 Å². The highest BCUT2D eigenvalue weighted by Gasteiger charge is 2.13. The van der Waals surface area contributed by atoms with Crippen molar-refractivity contribution in [1.29, 1.82) is 0 Å². The van der Waals surface area contributed by atoms with Crippen LogP contribution in [0.25, 0.3) is 0 Å². The monoisotopic (exact) mass is 261 g/mol. The van der Waals surface area contributed by atoms with Gasteiger partial charge in [0.1, 0.15) is 5.03 Å². The highest BCUT2D eigenvalue weighted by molar-refractivity contribution is 7.99. The molecule has 1 aromatic rings. The van der Waals surface area contributed by atoms with E-state index < -0.39 is 8.07 Å². The molecule has 0 fully saturated rings. The van der Waals surface area contributed by atoms with E-state index in [4.69, 9.17) is 17.3 Å². The van der Waals surface area contributed by atoms with Gasteiger partial charge in [-0.2, -0.15) is 0 Å². The Balaban J connectivity index is 2.51. The number of hydrogen-bond acceptors (Lipinski definition) is 4. The molecular weight excluding hydrogens is 246 g/mol. The van der Waals surface area contributed by atoms with Crippen LogP contribution >= 0.6 is 23.4 Å². The Morgan fingerprint density at radius 2 is 2.07 bits per heavy atom. The molecule has 15 heavy (non-hydrogen) atoms. The summed E-state index contributed by atoms with van der Waals surface area (Å²) < 4.78 is 0. The topological polar surface area (TPSA) is 51.8 Å². The number of rotatable bonds is 4. The summed E-state index contributed by atoms with van der Waals surface area (Å²) in [6.45, 7) is 7.05. The summed E-state index contributed by atoms with van der Waals surface area (Å²) in [5, 5.41) is 8.89. The predicted octanol–water partition coefficient (Wildman–Crippen LogP) is 3.14. The number of aromatic nitrogens is 2. The van der Waals surface area contributed by atoms with Crippen LogP contribution in [0.4, 0.5) is 5.69 Å². The van der Waals surface area contributed by atoms with Crippen LogP contribution < -0.4 is 5.73 Å². The maximum atomic E-state index is 5.77. The van der Waals surface area contributed by atoms with E-state index in [9.17, 15) is 0 Å². The Kier molecular flexibility index (Phi) is 4.42. The molecule has 0 aromatic carbocycles. The largest absolute Gasteiger partial charge is 0.396 e. The second-order valence-corrected chi connectivity index (χ2v) is 11.7. The zero-order chi connectivity index (χ0) is 11.5. The molecule has 0 radical (unpaired) electrons. The van der Waals surface area contributed by atoms with E-state index in [2.05, 4.69) is 29.8 Å². The molecule has 0 unspecified atom stereocenters. The highest BCUT2D eigenvalue weighted by Crippen LogP contribution is 2.25. The molecule has 1 aromatic heterocycles. The molecule has 0 spiro atoms. The van der Waals surface area contributed by atoms with E-state index in [0.717, 1.165) is 10.8 Å². The van der Waals surface area contributed by atoms with Gasteiger partial charge < -0.3 is 5.73 Å². The Morgan fingerprint density at radius 1 is 1.40 bits per heavy atom. The number of hydrogen-bond donors (Lipinski definition) is 1. The van der Waals surface area contributed by atoms with Crippen LogP contribution in [0, 0.1) is 0 Å². The number of nitrogens with two attached hydrogens (primary N) is 1. The minimum Gasteiger partial charge on any atom is -0.396 e. The van der Waals surface area contributed by atoms with Crippen molar-refractivity contribution in [3.63, 3.8) is 0 Å². The van der Waals surface area contributed by atoms with Gasteiger partial charge in [-0.25, -0.2) is 0 Å². The zero-order valence-electron chi connectivity index (χ0n) is 9.25. The van der Waals surface area contributed by atoms with E-state index in [1.54, 1.807) is 17.8 Å². The molecule has 0 bridgehead atoms. The fourth-order valence-electron chi connectivity index (χ4n) is 0.936. The Morgan fingerprint density at radius 3 is 2.60 bits per heavy atom. The van der Waals surface area contributed by atoms with Crippen molar-refractivity contribution in [2.45, 2.75) is 30.7 Å². The molecule has 3 nitrogen and oxygen atoms in total. The molecule has 2 N–H and O–H groups in total. The van der Waals surface area contributed by atoms with Gasteiger partial charge in [0.15, 0.2) is 5.15 Å². The summed E-state index contributed by atoms with van der Waals surface area (Å²) in [6.07, 6.45) is 0. The predicted molar refractivity (Wildman–Crippen MR) is 70.3 cm³/mol. The van der Waals surface area contributed by atoms with E-state index in [1.165, 1.54) is 6.04 Å². The lowest BCUT2D eigenvalue weighted by Crippen LogP contribution is -2.19. The van der Waals surface area contributed by atoms with Gasteiger partial charge in [-0.1, -0.05) is 31.2 Å². The van der Waals surface area contributed by atoms with Crippen molar-refractivity contribution < 1.29 is 0 Å². The van der Waals surface area contributed by atoms with Crippen LogP contribution in [0.1, 0.15) is 0 Å². The third-order valence-corrected chi connectivity index (χ3v) is 5.14. The Hall–Kier alpha value is -0.263. The second kappa shape index (κ2) is 5.18. The molecule has 1 rings (SSSR count). The third kappa shape index (κ3) is 4.86. The quantitative estimate of drug-likeness (QED) is 0.668. The summed E-state index contributed by atoms with van der Waals surface area (Å²) in [5.41, 5.74) is 6.40. The molecule has 0 aliphatic heterocycles. The normalized spacial score (nSPS) is 11.7. The molecule has 84 valence electrons. The summed E-state index contributed by atoms with van der Waals surface area (Å²) >= 11 is 7.33. The molecular formula is C9H16ClN3SSi. The Labute approximate surface area is 101 Å². The molecule has 1 heterocycles. The van der Waals surface area contributed by atoms with E-state index in [0.29, 0.717) is 10.8 Å². The Bertz CT molecular complexity index is 341. The van der Waals surface area contributed by atoms with Gasteiger partial charge in [0, 0.05) is 14.1 Å². The molecule has 6 heteroatoms. The minimum absolute atomic E-state index is 0.349. The molecule has 0 atom stereocenters. The third-order valence-electron chi connectivity index (χ3n) is 1.85. The van der Waals surface area contributed by atoms with Gasteiger partial charge in [-0.05, 0) is 11.8 Å². The van der Waals surface area contributed by atoms with Crippen molar-refractivity contribution in [1.82, 2.24) is 10.2 Å². The van der Waals surface area contributed by atoms with E-state index >= 15 is 0 Å².